The number of aliphatic hydroxyl groups is 1. The van der Waals surface area contributed by atoms with Crippen molar-refractivity contribution in [2.45, 2.75) is 38.5 Å². The molecule has 1 aromatic rings. The van der Waals surface area contributed by atoms with E-state index >= 15 is 0 Å². The van der Waals surface area contributed by atoms with E-state index in [0.717, 1.165) is 12.1 Å². The van der Waals surface area contributed by atoms with Gasteiger partial charge < -0.3 is 15.2 Å². The minimum atomic E-state index is -0.538. The average molecular weight is 306 g/mol. The maximum atomic E-state index is 12.0. The summed E-state index contributed by atoms with van der Waals surface area (Å²) in [5, 5.41) is 13.3. The molecule has 1 aromatic carbocycles. The first-order valence-electron chi connectivity index (χ1n) is 7.90. The maximum Gasteiger partial charge on any atom is 0.234 e. The van der Waals surface area contributed by atoms with Crippen LogP contribution in [0.4, 0.5) is 0 Å². The Bertz CT molecular complexity index is 464. The maximum absolute atomic E-state index is 12.0. The second kappa shape index (κ2) is 8.27. The molecule has 1 amide bonds. The summed E-state index contributed by atoms with van der Waals surface area (Å²) in [6.07, 6.45) is 0.0301. The fourth-order valence-electron chi connectivity index (χ4n) is 2.74. The summed E-state index contributed by atoms with van der Waals surface area (Å²) in [6.45, 7) is 6.17. The van der Waals surface area contributed by atoms with Gasteiger partial charge in [0.2, 0.25) is 5.91 Å². The molecule has 0 spiro atoms. The van der Waals surface area contributed by atoms with Gasteiger partial charge in [-0.05, 0) is 25.8 Å². The van der Waals surface area contributed by atoms with Crippen LogP contribution >= 0.6 is 0 Å². The van der Waals surface area contributed by atoms with Crippen molar-refractivity contribution in [1.29, 1.82) is 0 Å². The molecule has 2 rings (SSSR count). The van der Waals surface area contributed by atoms with Crippen LogP contribution < -0.4 is 5.32 Å². The standard InChI is InChI=1S/C17H26N2O3/c1-13(2)18-17(21)11-19-8-9-22-12-15(19)10-16(20)14-6-4-3-5-7-14/h3-7,13,15-16,20H,8-12H2,1-2H3,(H,18,21). The molecule has 122 valence electrons. The molecule has 2 atom stereocenters. The monoisotopic (exact) mass is 306 g/mol. The Morgan fingerprint density at radius 3 is 2.82 bits per heavy atom. The van der Waals surface area contributed by atoms with Gasteiger partial charge in [0.05, 0.1) is 25.9 Å². The molecular formula is C17H26N2O3. The van der Waals surface area contributed by atoms with Crippen molar-refractivity contribution in [2.75, 3.05) is 26.3 Å². The Balaban J connectivity index is 1.93. The molecule has 0 aliphatic carbocycles. The highest BCUT2D eigenvalue weighted by Crippen LogP contribution is 2.22. The van der Waals surface area contributed by atoms with Crippen LogP contribution in [0.1, 0.15) is 31.9 Å². The molecule has 5 heteroatoms. The Kier molecular flexibility index (Phi) is 6.36. The third kappa shape index (κ3) is 5.09. The molecule has 22 heavy (non-hydrogen) atoms. The minimum absolute atomic E-state index is 0.0242. The number of hydrogen-bond acceptors (Lipinski definition) is 4. The molecule has 0 radical (unpaired) electrons. The second-order valence-electron chi connectivity index (χ2n) is 6.08. The van der Waals surface area contributed by atoms with E-state index in [0.29, 0.717) is 26.2 Å². The van der Waals surface area contributed by atoms with Gasteiger partial charge in [-0.15, -0.1) is 0 Å². The zero-order valence-corrected chi connectivity index (χ0v) is 13.4. The third-order valence-electron chi connectivity index (χ3n) is 3.83. The summed E-state index contributed by atoms with van der Waals surface area (Å²) < 4.78 is 5.53. The highest BCUT2D eigenvalue weighted by molar-refractivity contribution is 5.78. The lowest BCUT2D eigenvalue weighted by Gasteiger charge is -2.36. The normalized spacial score (nSPS) is 20.8. The lowest BCUT2D eigenvalue weighted by molar-refractivity contribution is -0.125. The van der Waals surface area contributed by atoms with E-state index in [1.165, 1.54) is 0 Å². The predicted octanol–water partition coefficient (Wildman–Crippen LogP) is 1.34. The molecule has 1 heterocycles. The molecule has 1 aliphatic heterocycles. The highest BCUT2D eigenvalue weighted by Gasteiger charge is 2.27. The summed E-state index contributed by atoms with van der Waals surface area (Å²) in [5.74, 6) is 0.0242. The number of nitrogens with one attached hydrogen (secondary N) is 1. The van der Waals surface area contributed by atoms with E-state index in [1.54, 1.807) is 0 Å². The summed E-state index contributed by atoms with van der Waals surface area (Å²) in [5.41, 5.74) is 0.902. The number of aliphatic hydroxyl groups excluding tert-OH is 1. The molecule has 0 saturated carbocycles. The average Bonchev–Trinajstić information content (AvgIpc) is 2.49. The van der Waals surface area contributed by atoms with Crippen LogP contribution in [0.2, 0.25) is 0 Å². The van der Waals surface area contributed by atoms with Gasteiger partial charge in [0.25, 0.3) is 0 Å². The molecule has 1 aliphatic rings. The first kappa shape index (κ1) is 16.9. The predicted molar refractivity (Wildman–Crippen MR) is 85.5 cm³/mol. The van der Waals surface area contributed by atoms with Gasteiger partial charge in [0.1, 0.15) is 0 Å². The number of morpholine rings is 1. The van der Waals surface area contributed by atoms with E-state index in [2.05, 4.69) is 10.2 Å². The van der Waals surface area contributed by atoms with E-state index in [1.807, 2.05) is 44.2 Å². The third-order valence-corrected chi connectivity index (χ3v) is 3.83. The Morgan fingerprint density at radius 1 is 1.41 bits per heavy atom. The largest absolute Gasteiger partial charge is 0.388 e. The quantitative estimate of drug-likeness (QED) is 0.832. The van der Waals surface area contributed by atoms with Crippen LogP contribution in [0.5, 0.6) is 0 Å². The molecule has 0 aromatic heterocycles. The van der Waals surface area contributed by atoms with Gasteiger partial charge in [-0.2, -0.15) is 0 Å². The summed E-state index contributed by atoms with van der Waals surface area (Å²) in [4.78, 5) is 14.1. The topological polar surface area (TPSA) is 61.8 Å². The number of carbonyl (C=O) groups is 1. The zero-order chi connectivity index (χ0) is 15.9. The number of ether oxygens (including phenoxy) is 1. The minimum Gasteiger partial charge on any atom is -0.388 e. The van der Waals surface area contributed by atoms with E-state index in [4.69, 9.17) is 4.74 Å². The van der Waals surface area contributed by atoms with E-state index < -0.39 is 6.10 Å². The van der Waals surface area contributed by atoms with Crippen LogP contribution in [0, 0.1) is 0 Å². The number of nitrogens with zero attached hydrogens (tertiary/aromatic N) is 1. The summed E-state index contributed by atoms with van der Waals surface area (Å²) in [7, 11) is 0. The highest BCUT2D eigenvalue weighted by atomic mass is 16.5. The molecule has 2 N–H and O–H groups in total. The van der Waals surface area contributed by atoms with Gasteiger partial charge >= 0.3 is 0 Å². The first-order valence-corrected chi connectivity index (χ1v) is 7.90. The van der Waals surface area contributed by atoms with Gasteiger partial charge in [-0.3, -0.25) is 9.69 Å². The number of hydrogen-bond donors (Lipinski definition) is 2. The number of amides is 1. The van der Waals surface area contributed by atoms with Crippen LogP contribution in [0.25, 0.3) is 0 Å². The van der Waals surface area contributed by atoms with E-state index in [-0.39, 0.29) is 18.0 Å². The van der Waals surface area contributed by atoms with Crippen molar-refractivity contribution < 1.29 is 14.6 Å². The molecule has 0 bridgehead atoms. The van der Waals surface area contributed by atoms with E-state index in [9.17, 15) is 9.90 Å². The summed E-state index contributed by atoms with van der Waals surface area (Å²) >= 11 is 0. The van der Waals surface area contributed by atoms with Crippen LogP contribution in [-0.2, 0) is 9.53 Å². The lowest BCUT2D eigenvalue weighted by atomic mass is 10.0. The van der Waals surface area contributed by atoms with Crippen molar-refractivity contribution in [3.05, 3.63) is 35.9 Å². The fourth-order valence-corrected chi connectivity index (χ4v) is 2.74. The van der Waals surface area contributed by atoms with Crippen molar-refractivity contribution >= 4 is 5.91 Å². The number of carbonyl (C=O) groups excluding carboxylic acids is 1. The van der Waals surface area contributed by atoms with Crippen LogP contribution in [0.15, 0.2) is 30.3 Å². The van der Waals surface area contributed by atoms with Gasteiger partial charge in [0.15, 0.2) is 0 Å². The number of rotatable bonds is 6. The van der Waals surface area contributed by atoms with Crippen molar-refractivity contribution in [3.63, 3.8) is 0 Å². The SMILES string of the molecule is CC(C)NC(=O)CN1CCOCC1CC(O)c1ccccc1. The summed E-state index contributed by atoms with van der Waals surface area (Å²) in [6, 6.07) is 9.81. The Hall–Kier alpha value is -1.43. The van der Waals surface area contributed by atoms with Gasteiger partial charge in [-0.25, -0.2) is 0 Å². The molecule has 5 nitrogen and oxygen atoms in total. The molecular weight excluding hydrogens is 280 g/mol. The Labute approximate surface area is 132 Å². The van der Waals surface area contributed by atoms with Gasteiger partial charge in [0, 0.05) is 18.6 Å². The van der Waals surface area contributed by atoms with Crippen molar-refractivity contribution in [1.82, 2.24) is 10.2 Å². The Morgan fingerprint density at radius 2 is 2.14 bits per heavy atom. The lowest BCUT2D eigenvalue weighted by Crippen LogP contribution is -2.50. The smallest absolute Gasteiger partial charge is 0.234 e. The molecule has 2 unspecified atom stereocenters. The second-order valence-corrected chi connectivity index (χ2v) is 6.08. The molecule has 1 fully saturated rings. The molecule has 1 saturated heterocycles. The number of benzene rings is 1. The van der Waals surface area contributed by atoms with Crippen LogP contribution in [-0.4, -0.2) is 54.3 Å². The van der Waals surface area contributed by atoms with Crippen molar-refractivity contribution in [2.24, 2.45) is 0 Å². The first-order chi connectivity index (χ1) is 10.6. The van der Waals surface area contributed by atoms with Crippen molar-refractivity contribution in [3.8, 4) is 0 Å². The van der Waals surface area contributed by atoms with Crippen LogP contribution in [0.3, 0.4) is 0 Å². The zero-order valence-electron chi connectivity index (χ0n) is 13.4. The fraction of sp³-hybridized carbons (Fsp3) is 0.588. The van der Waals surface area contributed by atoms with Gasteiger partial charge in [-0.1, -0.05) is 30.3 Å².